The van der Waals surface area contributed by atoms with Gasteiger partial charge in [-0.2, -0.15) is 0 Å². The van der Waals surface area contributed by atoms with Crippen LogP contribution in [0.25, 0.3) is 0 Å². The number of methoxy groups -OCH3 is 1. The number of rotatable bonds is 4. The Labute approximate surface area is 124 Å². The fraction of sp³-hybridized carbons (Fsp3) is 0.133. The number of carbonyl (C=O) groups excluding carboxylic acids is 1. The van der Waals surface area contributed by atoms with Gasteiger partial charge in [-0.05, 0) is 45.8 Å². The molecule has 104 valence electrons. The normalized spacial score (nSPS) is 10.2. The minimum atomic E-state index is -0.385. The van der Waals surface area contributed by atoms with Gasteiger partial charge in [-0.1, -0.05) is 18.2 Å². The number of hydrogen-bond acceptors (Lipinski definition) is 3. The lowest BCUT2D eigenvalue weighted by molar-refractivity contribution is 0.0599. The van der Waals surface area contributed by atoms with Gasteiger partial charge < -0.3 is 10.1 Å². The van der Waals surface area contributed by atoms with E-state index in [0.717, 1.165) is 5.56 Å². The van der Waals surface area contributed by atoms with E-state index < -0.39 is 0 Å². The van der Waals surface area contributed by atoms with Crippen LogP contribution in [0.1, 0.15) is 15.9 Å². The molecule has 0 amide bonds. The molecule has 0 radical (unpaired) electrons. The molecule has 0 aromatic heterocycles. The molecule has 0 saturated heterocycles. The molecule has 0 heterocycles. The van der Waals surface area contributed by atoms with E-state index in [2.05, 4.69) is 21.2 Å². The summed E-state index contributed by atoms with van der Waals surface area (Å²) in [5.74, 6) is -0.722. The first-order chi connectivity index (χ1) is 9.61. The van der Waals surface area contributed by atoms with Crippen LogP contribution < -0.4 is 5.32 Å². The van der Waals surface area contributed by atoms with Crippen molar-refractivity contribution in [2.75, 3.05) is 12.4 Å². The highest BCUT2D eigenvalue weighted by atomic mass is 79.9. The Balaban J connectivity index is 2.14. The van der Waals surface area contributed by atoms with Crippen LogP contribution in [0.15, 0.2) is 46.9 Å². The van der Waals surface area contributed by atoms with E-state index in [1.54, 1.807) is 24.3 Å². The lowest BCUT2D eigenvalue weighted by atomic mass is 10.1. The number of esters is 1. The number of carbonyl (C=O) groups is 1. The maximum absolute atomic E-state index is 13.4. The third-order valence-corrected chi connectivity index (χ3v) is 3.47. The van der Waals surface area contributed by atoms with Crippen LogP contribution in [0.5, 0.6) is 0 Å². The van der Waals surface area contributed by atoms with Crippen LogP contribution in [0, 0.1) is 5.82 Å². The number of ether oxygens (including phenoxy) is 1. The predicted molar refractivity (Wildman–Crippen MR) is 79.2 cm³/mol. The van der Waals surface area contributed by atoms with Crippen molar-refractivity contribution in [2.24, 2.45) is 0 Å². The van der Waals surface area contributed by atoms with Crippen molar-refractivity contribution >= 4 is 27.6 Å². The smallest absolute Gasteiger partial charge is 0.338 e. The van der Waals surface area contributed by atoms with Gasteiger partial charge in [0.05, 0.1) is 17.1 Å². The molecule has 0 bridgehead atoms. The first-order valence-corrected chi connectivity index (χ1v) is 6.76. The van der Waals surface area contributed by atoms with Crippen LogP contribution in [0.3, 0.4) is 0 Å². The van der Waals surface area contributed by atoms with Gasteiger partial charge in [0.15, 0.2) is 0 Å². The SMILES string of the molecule is COC(=O)c1ccccc1CNc1ccc(Br)c(F)c1. The summed E-state index contributed by atoms with van der Waals surface area (Å²) >= 11 is 3.10. The Kier molecular flexibility index (Phi) is 4.74. The molecule has 0 aliphatic carbocycles. The van der Waals surface area contributed by atoms with Gasteiger partial charge in [0.25, 0.3) is 0 Å². The monoisotopic (exact) mass is 337 g/mol. The molecule has 0 saturated carbocycles. The van der Waals surface area contributed by atoms with E-state index >= 15 is 0 Å². The van der Waals surface area contributed by atoms with E-state index in [1.165, 1.54) is 13.2 Å². The maximum Gasteiger partial charge on any atom is 0.338 e. The van der Waals surface area contributed by atoms with Crippen LogP contribution >= 0.6 is 15.9 Å². The number of nitrogens with one attached hydrogen (secondary N) is 1. The van der Waals surface area contributed by atoms with Gasteiger partial charge in [0.1, 0.15) is 5.82 Å². The number of halogens is 2. The van der Waals surface area contributed by atoms with Crippen molar-refractivity contribution in [3.63, 3.8) is 0 Å². The van der Waals surface area contributed by atoms with Gasteiger partial charge in [-0.25, -0.2) is 9.18 Å². The third kappa shape index (κ3) is 3.36. The summed E-state index contributed by atoms with van der Waals surface area (Å²) in [4.78, 5) is 11.6. The molecular weight excluding hydrogens is 325 g/mol. The topological polar surface area (TPSA) is 38.3 Å². The summed E-state index contributed by atoms with van der Waals surface area (Å²) < 4.78 is 18.6. The Morgan fingerprint density at radius 2 is 2.05 bits per heavy atom. The van der Waals surface area contributed by atoms with Crippen LogP contribution in [-0.2, 0) is 11.3 Å². The average Bonchev–Trinajstić information content (AvgIpc) is 2.48. The summed E-state index contributed by atoms with van der Waals surface area (Å²) in [7, 11) is 1.34. The highest BCUT2D eigenvalue weighted by Crippen LogP contribution is 2.20. The van der Waals surface area contributed by atoms with Crippen LogP contribution in [0.4, 0.5) is 10.1 Å². The van der Waals surface area contributed by atoms with Gasteiger partial charge in [0.2, 0.25) is 0 Å². The summed E-state index contributed by atoms with van der Waals surface area (Å²) in [6, 6.07) is 11.9. The van der Waals surface area contributed by atoms with Crippen LogP contribution in [0.2, 0.25) is 0 Å². The molecule has 1 N–H and O–H groups in total. The highest BCUT2D eigenvalue weighted by Gasteiger charge is 2.10. The summed E-state index contributed by atoms with van der Waals surface area (Å²) in [6.45, 7) is 0.409. The van der Waals surface area contributed by atoms with Gasteiger partial charge in [-0.3, -0.25) is 0 Å². The molecular formula is C15H13BrFNO2. The molecule has 0 aliphatic rings. The minimum absolute atomic E-state index is 0.337. The zero-order valence-electron chi connectivity index (χ0n) is 10.8. The molecule has 2 aromatic carbocycles. The van der Waals surface area contributed by atoms with Crippen molar-refractivity contribution in [3.05, 3.63) is 63.9 Å². The summed E-state index contributed by atoms with van der Waals surface area (Å²) in [5.41, 5.74) is 1.94. The standard InChI is InChI=1S/C15H13BrFNO2/c1-20-15(19)12-5-3-2-4-10(12)9-18-11-6-7-13(16)14(17)8-11/h2-8,18H,9H2,1H3. The van der Waals surface area contributed by atoms with Crippen LogP contribution in [-0.4, -0.2) is 13.1 Å². The molecule has 5 heteroatoms. The fourth-order valence-corrected chi connectivity index (χ4v) is 2.03. The minimum Gasteiger partial charge on any atom is -0.465 e. The van der Waals surface area contributed by atoms with E-state index in [0.29, 0.717) is 22.3 Å². The summed E-state index contributed by atoms with van der Waals surface area (Å²) in [6.07, 6.45) is 0. The molecule has 0 atom stereocenters. The molecule has 2 rings (SSSR count). The lowest BCUT2D eigenvalue weighted by Gasteiger charge is -2.10. The van der Waals surface area contributed by atoms with Crippen molar-refractivity contribution in [1.82, 2.24) is 0 Å². The van der Waals surface area contributed by atoms with Crippen molar-refractivity contribution in [2.45, 2.75) is 6.54 Å². The first-order valence-electron chi connectivity index (χ1n) is 5.97. The zero-order valence-corrected chi connectivity index (χ0v) is 12.4. The number of benzene rings is 2. The second-order valence-electron chi connectivity index (χ2n) is 4.13. The molecule has 0 aliphatic heterocycles. The summed E-state index contributed by atoms with van der Waals surface area (Å²) in [5, 5.41) is 3.08. The Bertz CT molecular complexity index is 631. The largest absolute Gasteiger partial charge is 0.465 e. The Morgan fingerprint density at radius 1 is 1.30 bits per heavy atom. The molecule has 3 nitrogen and oxygen atoms in total. The van der Waals surface area contributed by atoms with Gasteiger partial charge in [0, 0.05) is 12.2 Å². The van der Waals surface area contributed by atoms with E-state index in [-0.39, 0.29) is 11.8 Å². The Morgan fingerprint density at radius 3 is 2.75 bits per heavy atom. The van der Waals surface area contributed by atoms with E-state index in [1.807, 2.05) is 12.1 Å². The maximum atomic E-state index is 13.4. The van der Waals surface area contributed by atoms with Crippen molar-refractivity contribution in [3.8, 4) is 0 Å². The second kappa shape index (κ2) is 6.52. The molecule has 0 fully saturated rings. The first kappa shape index (κ1) is 14.5. The molecule has 20 heavy (non-hydrogen) atoms. The number of hydrogen-bond donors (Lipinski definition) is 1. The lowest BCUT2D eigenvalue weighted by Crippen LogP contribution is -2.09. The van der Waals surface area contributed by atoms with E-state index in [9.17, 15) is 9.18 Å². The molecule has 0 unspecified atom stereocenters. The third-order valence-electron chi connectivity index (χ3n) is 2.83. The zero-order chi connectivity index (χ0) is 14.5. The van der Waals surface area contributed by atoms with Crippen molar-refractivity contribution in [1.29, 1.82) is 0 Å². The highest BCUT2D eigenvalue weighted by molar-refractivity contribution is 9.10. The van der Waals surface area contributed by atoms with Crippen molar-refractivity contribution < 1.29 is 13.9 Å². The van der Waals surface area contributed by atoms with Gasteiger partial charge >= 0.3 is 5.97 Å². The quantitative estimate of drug-likeness (QED) is 0.857. The predicted octanol–water partition coefficient (Wildman–Crippen LogP) is 3.99. The fourth-order valence-electron chi connectivity index (χ4n) is 1.79. The van der Waals surface area contributed by atoms with Gasteiger partial charge in [-0.15, -0.1) is 0 Å². The second-order valence-corrected chi connectivity index (χ2v) is 4.99. The Hall–Kier alpha value is -1.88. The van der Waals surface area contributed by atoms with E-state index in [4.69, 9.17) is 4.74 Å². The average molecular weight is 338 g/mol. The molecule has 2 aromatic rings. The molecule has 0 spiro atoms. The number of anilines is 1.